The van der Waals surface area contributed by atoms with Crippen molar-refractivity contribution in [3.8, 4) is 0 Å². The van der Waals surface area contributed by atoms with Gasteiger partial charge in [0.15, 0.2) is 0 Å². The number of ether oxygens (including phenoxy) is 1. The summed E-state index contributed by atoms with van der Waals surface area (Å²) in [5.74, 6) is -1.60. The number of anilines is 4. The number of aliphatic hydroxyl groups is 1. The summed E-state index contributed by atoms with van der Waals surface area (Å²) in [6.45, 7) is 0.941. The Balaban J connectivity index is 1.74. The Morgan fingerprint density at radius 2 is 1.88 bits per heavy atom. The van der Waals surface area contributed by atoms with Gasteiger partial charge in [0.25, 0.3) is 0 Å². The Kier molecular flexibility index (Phi) is 7.00. The number of amides is 3. The van der Waals surface area contributed by atoms with E-state index in [0.29, 0.717) is 0 Å². The predicted molar refractivity (Wildman–Crippen MR) is 114 cm³/mol. The number of rotatable bonds is 7. The zero-order valence-electron chi connectivity index (χ0n) is 17.1. The van der Waals surface area contributed by atoms with Crippen molar-refractivity contribution in [2.75, 3.05) is 35.2 Å². The molecule has 10 nitrogen and oxygen atoms in total. The monoisotopic (exact) mass is 444 g/mol. The molecule has 11 heteroatoms. The predicted octanol–water partition coefficient (Wildman–Crippen LogP) is 1.32. The molecule has 1 aliphatic rings. The molecule has 4 N–H and O–H groups in total. The third-order valence-corrected chi connectivity index (χ3v) is 4.52. The van der Waals surface area contributed by atoms with Gasteiger partial charge in [0.05, 0.1) is 30.2 Å². The molecule has 0 aromatic heterocycles. The molecule has 1 fully saturated rings. The standard InChI is InChI=1S/C21H21FN4O6/c1-12(28)23-9-15-10-26(21(31)32-15)14-4-6-17(16(22)8-14)25-18-5-2-13(3-7-19(18)29)24-20(30)11-27/h2-8,15,27H,9-11H2,1H3,(H,23,28)(H,24,30)(H,25,29)/t15-/m0/s1. The Morgan fingerprint density at radius 3 is 2.56 bits per heavy atom. The number of aliphatic hydroxyl groups excluding tert-OH is 1. The maximum atomic E-state index is 14.7. The lowest BCUT2D eigenvalue weighted by Crippen LogP contribution is -2.33. The number of halogens is 1. The highest BCUT2D eigenvalue weighted by Gasteiger charge is 2.32. The highest BCUT2D eigenvalue weighted by molar-refractivity contribution is 5.91. The van der Waals surface area contributed by atoms with E-state index in [1.54, 1.807) is 0 Å². The van der Waals surface area contributed by atoms with Crippen molar-refractivity contribution >= 4 is 40.7 Å². The molecule has 3 amide bonds. The summed E-state index contributed by atoms with van der Waals surface area (Å²) in [4.78, 5) is 47.9. The van der Waals surface area contributed by atoms with Gasteiger partial charge in [0.1, 0.15) is 18.5 Å². The van der Waals surface area contributed by atoms with Crippen LogP contribution in [0.1, 0.15) is 6.92 Å². The van der Waals surface area contributed by atoms with Gasteiger partial charge in [0.2, 0.25) is 17.2 Å². The molecule has 0 aliphatic carbocycles. The molecule has 0 bridgehead atoms. The largest absolute Gasteiger partial charge is 0.442 e. The second-order valence-electron chi connectivity index (χ2n) is 6.95. The number of carbonyl (C=O) groups excluding carboxylic acids is 3. The average Bonchev–Trinajstić information content (AvgIpc) is 3.05. The fourth-order valence-corrected chi connectivity index (χ4v) is 2.97. The SMILES string of the molecule is CC(=O)NC[C@H]1CN(c2ccc(Nc3ccc(NC(=O)CO)ccc3=O)c(F)c2)C(=O)O1. The molecule has 1 saturated heterocycles. The highest BCUT2D eigenvalue weighted by atomic mass is 19.1. The van der Waals surface area contributed by atoms with E-state index < -0.39 is 36.0 Å². The third kappa shape index (κ3) is 5.58. The van der Waals surface area contributed by atoms with Gasteiger partial charge in [0, 0.05) is 12.6 Å². The second-order valence-corrected chi connectivity index (χ2v) is 6.95. The van der Waals surface area contributed by atoms with Gasteiger partial charge < -0.3 is 25.8 Å². The van der Waals surface area contributed by atoms with Crippen LogP contribution in [0.4, 0.5) is 31.9 Å². The maximum Gasteiger partial charge on any atom is 0.414 e. The van der Waals surface area contributed by atoms with E-state index in [4.69, 9.17) is 9.84 Å². The Morgan fingerprint density at radius 1 is 1.16 bits per heavy atom. The fraction of sp³-hybridized carbons (Fsp3) is 0.238. The summed E-state index contributed by atoms with van der Waals surface area (Å²) in [5.41, 5.74) is 0.143. The lowest BCUT2D eigenvalue weighted by atomic mass is 10.2. The fourth-order valence-electron chi connectivity index (χ4n) is 2.97. The molecule has 0 saturated carbocycles. The molecule has 0 radical (unpaired) electrons. The van der Waals surface area contributed by atoms with Crippen LogP contribution in [0.25, 0.3) is 0 Å². The summed E-state index contributed by atoms with van der Waals surface area (Å²) in [5, 5.41) is 16.5. The van der Waals surface area contributed by atoms with Crippen LogP contribution in [0.5, 0.6) is 0 Å². The molecule has 1 heterocycles. The summed E-state index contributed by atoms with van der Waals surface area (Å²) in [7, 11) is 0. The number of hydrogen-bond donors (Lipinski definition) is 4. The number of benzene rings is 1. The van der Waals surface area contributed by atoms with Crippen LogP contribution in [0.15, 0.2) is 47.3 Å². The molecule has 2 aromatic rings. The number of nitrogens with zero attached hydrogens (tertiary/aromatic N) is 1. The minimum Gasteiger partial charge on any atom is -0.442 e. The van der Waals surface area contributed by atoms with Crippen LogP contribution in [-0.2, 0) is 14.3 Å². The molecule has 1 atom stereocenters. The molecule has 0 spiro atoms. The van der Waals surface area contributed by atoms with Gasteiger partial charge in [-0.2, -0.15) is 0 Å². The van der Waals surface area contributed by atoms with Gasteiger partial charge >= 0.3 is 6.09 Å². The lowest BCUT2D eigenvalue weighted by molar-refractivity contribution is -0.119. The molecule has 1 aliphatic heterocycles. The van der Waals surface area contributed by atoms with E-state index in [1.165, 1.54) is 48.2 Å². The van der Waals surface area contributed by atoms with Crippen LogP contribution in [0, 0.1) is 5.82 Å². The van der Waals surface area contributed by atoms with E-state index in [0.717, 1.165) is 6.07 Å². The van der Waals surface area contributed by atoms with Gasteiger partial charge in [-0.3, -0.25) is 19.3 Å². The van der Waals surface area contributed by atoms with E-state index in [9.17, 15) is 23.6 Å². The molecule has 32 heavy (non-hydrogen) atoms. The van der Waals surface area contributed by atoms with E-state index in [1.807, 2.05) is 0 Å². The maximum absolute atomic E-state index is 14.7. The number of cyclic esters (lactones) is 1. The van der Waals surface area contributed by atoms with Gasteiger partial charge in [-0.1, -0.05) is 0 Å². The van der Waals surface area contributed by atoms with Crippen LogP contribution < -0.4 is 26.3 Å². The van der Waals surface area contributed by atoms with Crippen molar-refractivity contribution in [3.05, 3.63) is 58.5 Å². The van der Waals surface area contributed by atoms with Crippen LogP contribution in [0.3, 0.4) is 0 Å². The Bertz CT molecular complexity index is 1110. The lowest BCUT2D eigenvalue weighted by Gasteiger charge is -2.15. The summed E-state index contributed by atoms with van der Waals surface area (Å²) < 4.78 is 19.9. The minimum atomic E-state index is -0.708. The average molecular weight is 444 g/mol. The first-order valence-electron chi connectivity index (χ1n) is 9.61. The van der Waals surface area contributed by atoms with E-state index in [-0.39, 0.29) is 41.7 Å². The summed E-state index contributed by atoms with van der Waals surface area (Å²) in [6.07, 6.45) is -1.21. The molecule has 168 valence electrons. The molecular formula is C21H21FN4O6. The quantitative estimate of drug-likeness (QED) is 0.506. The van der Waals surface area contributed by atoms with Crippen LogP contribution >= 0.6 is 0 Å². The second kappa shape index (κ2) is 9.88. The Labute approximate surface area is 182 Å². The van der Waals surface area contributed by atoms with Gasteiger partial charge in [-0.15, -0.1) is 0 Å². The minimum absolute atomic E-state index is 0.000328. The topological polar surface area (TPSA) is 137 Å². The normalized spacial score (nSPS) is 15.2. The summed E-state index contributed by atoms with van der Waals surface area (Å²) >= 11 is 0. The summed E-state index contributed by atoms with van der Waals surface area (Å²) in [6, 6.07) is 9.35. The van der Waals surface area contributed by atoms with Crippen molar-refractivity contribution in [2.45, 2.75) is 13.0 Å². The first-order valence-corrected chi connectivity index (χ1v) is 9.61. The van der Waals surface area contributed by atoms with E-state index in [2.05, 4.69) is 16.0 Å². The zero-order valence-corrected chi connectivity index (χ0v) is 17.1. The Hall–Kier alpha value is -3.99. The van der Waals surface area contributed by atoms with Crippen molar-refractivity contribution in [2.24, 2.45) is 0 Å². The first kappa shape index (κ1) is 22.7. The van der Waals surface area contributed by atoms with Crippen molar-refractivity contribution in [1.29, 1.82) is 0 Å². The van der Waals surface area contributed by atoms with Gasteiger partial charge in [-0.05, 0) is 42.5 Å². The number of hydrogen-bond acceptors (Lipinski definition) is 7. The molecule has 3 rings (SSSR count). The molecular weight excluding hydrogens is 423 g/mol. The van der Waals surface area contributed by atoms with Crippen LogP contribution in [-0.4, -0.2) is 48.8 Å². The smallest absolute Gasteiger partial charge is 0.414 e. The van der Waals surface area contributed by atoms with Gasteiger partial charge in [-0.25, -0.2) is 9.18 Å². The third-order valence-electron chi connectivity index (χ3n) is 4.52. The zero-order chi connectivity index (χ0) is 23.3. The van der Waals surface area contributed by atoms with Crippen molar-refractivity contribution in [1.82, 2.24) is 5.32 Å². The number of nitrogens with one attached hydrogen (secondary N) is 3. The number of carbonyl (C=O) groups is 3. The van der Waals surface area contributed by atoms with E-state index >= 15 is 0 Å². The first-order chi connectivity index (χ1) is 15.3. The highest BCUT2D eigenvalue weighted by Crippen LogP contribution is 2.27. The van der Waals surface area contributed by atoms with Crippen molar-refractivity contribution in [3.63, 3.8) is 0 Å². The van der Waals surface area contributed by atoms with Crippen LogP contribution in [0.2, 0.25) is 0 Å². The van der Waals surface area contributed by atoms with Crippen molar-refractivity contribution < 1.29 is 28.6 Å². The molecule has 0 unspecified atom stereocenters. The molecule has 2 aromatic carbocycles.